The van der Waals surface area contributed by atoms with Gasteiger partial charge in [0, 0.05) is 29.0 Å². The first-order valence-corrected chi connectivity index (χ1v) is 20.9. The lowest BCUT2D eigenvalue weighted by Gasteiger charge is -2.37. The van der Waals surface area contributed by atoms with Crippen LogP contribution in [0.25, 0.3) is 0 Å². The normalized spacial score (nSPS) is 25.9. The molecule has 2 fully saturated rings. The van der Waals surface area contributed by atoms with Crippen molar-refractivity contribution in [3.8, 4) is 5.75 Å². The first-order valence-electron chi connectivity index (χ1n) is 17.0. The number of hydrogen-bond acceptors (Lipinski definition) is 5. The minimum Gasteiger partial charge on any atom is -0.497 e. The van der Waals surface area contributed by atoms with Gasteiger partial charge in [-0.1, -0.05) is 76.6 Å². The zero-order chi connectivity index (χ0) is 34.1. The van der Waals surface area contributed by atoms with Crippen molar-refractivity contribution in [2.24, 2.45) is 5.92 Å². The number of amides is 2. The molecule has 2 saturated heterocycles. The maximum Gasteiger partial charge on any atom is 0.264 e. The molecular formula is C38H51BrN2O5Si. The van der Waals surface area contributed by atoms with Gasteiger partial charge in [-0.2, -0.15) is 0 Å². The van der Waals surface area contributed by atoms with Gasteiger partial charge >= 0.3 is 0 Å². The van der Waals surface area contributed by atoms with Crippen molar-refractivity contribution < 1.29 is 24.2 Å². The van der Waals surface area contributed by atoms with Crippen molar-refractivity contribution in [3.63, 3.8) is 0 Å². The summed E-state index contributed by atoms with van der Waals surface area (Å²) in [5.41, 5.74) is 3.04. The standard InChI is InChI=1S/C38H51BrN2O5Si/c1-25(2)10-8-11-26(3)19-21-41-33-18-13-28(39)22-32(33)38(37(41)44)27(4)36(47(6,7)31-16-14-30(45-5)15-17-31)34(46-38)23-35(43)40-20-9-12-29(40)24-42/h10,13-19,22,27,29,34,36,42H,8-9,11-12,20-21,23-24H2,1-7H3/b26-19+/t27-,29-,34+,36-,38+/m0/s1. The molecule has 2 amide bonds. The Balaban J connectivity index is 1.55. The van der Waals surface area contributed by atoms with Crippen molar-refractivity contribution in [3.05, 3.63) is 75.8 Å². The molecule has 2 aromatic carbocycles. The lowest BCUT2D eigenvalue weighted by molar-refractivity contribution is -0.149. The zero-order valence-electron chi connectivity index (χ0n) is 29.0. The summed E-state index contributed by atoms with van der Waals surface area (Å²) in [6.45, 7) is 14.2. The van der Waals surface area contributed by atoms with Gasteiger partial charge in [0.15, 0.2) is 5.60 Å². The highest BCUT2D eigenvalue weighted by molar-refractivity contribution is 9.10. The Labute approximate surface area is 290 Å². The van der Waals surface area contributed by atoms with Gasteiger partial charge in [-0.05, 0) is 82.3 Å². The van der Waals surface area contributed by atoms with Crippen molar-refractivity contribution in [1.29, 1.82) is 0 Å². The smallest absolute Gasteiger partial charge is 0.264 e. The number of methoxy groups -OCH3 is 1. The highest BCUT2D eigenvalue weighted by Gasteiger charge is 2.66. The number of benzene rings is 2. The number of carbonyl (C=O) groups excluding carboxylic acids is 2. The molecule has 7 nitrogen and oxygen atoms in total. The van der Waals surface area contributed by atoms with Crippen LogP contribution in [-0.2, 0) is 19.9 Å². The summed E-state index contributed by atoms with van der Waals surface area (Å²) in [5, 5.41) is 11.2. The van der Waals surface area contributed by atoms with Crippen LogP contribution in [0.1, 0.15) is 65.4 Å². The van der Waals surface area contributed by atoms with Gasteiger partial charge in [-0.25, -0.2) is 0 Å². The first-order chi connectivity index (χ1) is 22.3. The molecule has 0 aromatic heterocycles. The minimum atomic E-state index is -2.38. The molecule has 3 aliphatic rings. The van der Waals surface area contributed by atoms with E-state index in [-0.39, 0.29) is 42.3 Å². The van der Waals surface area contributed by atoms with E-state index >= 15 is 0 Å². The zero-order valence-corrected chi connectivity index (χ0v) is 31.6. The van der Waals surface area contributed by atoms with Gasteiger partial charge in [0.25, 0.3) is 5.91 Å². The average Bonchev–Trinajstić information content (AvgIpc) is 3.70. The fourth-order valence-electron chi connectivity index (χ4n) is 8.25. The van der Waals surface area contributed by atoms with Gasteiger partial charge in [0.1, 0.15) is 5.75 Å². The van der Waals surface area contributed by atoms with Crippen molar-refractivity contribution >= 4 is 46.7 Å². The first kappa shape index (κ1) is 35.6. The van der Waals surface area contributed by atoms with Crippen LogP contribution in [0.3, 0.4) is 0 Å². The van der Waals surface area contributed by atoms with Gasteiger partial charge in [-0.15, -0.1) is 0 Å². The molecule has 1 spiro atoms. The molecule has 0 aliphatic carbocycles. The van der Waals surface area contributed by atoms with Crippen LogP contribution >= 0.6 is 15.9 Å². The molecule has 3 aliphatic heterocycles. The summed E-state index contributed by atoms with van der Waals surface area (Å²) in [6, 6.07) is 14.2. The summed E-state index contributed by atoms with van der Waals surface area (Å²) in [7, 11) is -0.714. The van der Waals surface area contributed by atoms with Gasteiger partial charge in [0.05, 0.1) is 46.0 Å². The van der Waals surface area contributed by atoms with E-state index in [0.29, 0.717) is 13.1 Å². The second-order valence-electron chi connectivity index (χ2n) is 14.4. The molecule has 5 atom stereocenters. The van der Waals surface area contributed by atoms with E-state index in [9.17, 15) is 14.7 Å². The van der Waals surface area contributed by atoms with Crippen molar-refractivity contribution in [1.82, 2.24) is 4.90 Å². The van der Waals surface area contributed by atoms with Gasteiger partial charge in [-0.3, -0.25) is 9.59 Å². The van der Waals surface area contributed by atoms with E-state index in [2.05, 4.69) is 81.0 Å². The molecule has 0 radical (unpaired) electrons. The Morgan fingerprint density at radius 1 is 1.15 bits per heavy atom. The van der Waals surface area contributed by atoms with E-state index in [1.54, 1.807) is 7.11 Å². The topological polar surface area (TPSA) is 79.3 Å². The highest BCUT2D eigenvalue weighted by Crippen LogP contribution is 2.60. The van der Waals surface area contributed by atoms with E-state index in [0.717, 1.165) is 47.2 Å². The number of halogens is 1. The number of allylic oxidation sites excluding steroid dienone is 3. The van der Waals surface area contributed by atoms with Crippen LogP contribution in [0, 0.1) is 5.92 Å². The Morgan fingerprint density at radius 3 is 2.53 bits per heavy atom. The average molecular weight is 724 g/mol. The van der Waals surface area contributed by atoms with Crippen LogP contribution in [0.5, 0.6) is 5.75 Å². The SMILES string of the molecule is COc1ccc([Si](C)(C)[C@@H]2[C@@H](CC(=O)N3CCC[C@H]3CO)O[C@]3(C(=O)N(C/C=C(\C)CCC=C(C)C)c4ccc(Br)cc43)[C@H]2C)cc1. The van der Waals surface area contributed by atoms with Crippen LogP contribution in [0.15, 0.2) is 70.2 Å². The molecule has 3 heterocycles. The van der Waals surface area contributed by atoms with Crippen molar-refractivity contribution in [2.75, 3.05) is 31.7 Å². The van der Waals surface area contributed by atoms with E-state index in [4.69, 9.17) is 9.47 Å². The van der Waals surface area contributed by atoms with Gasteiger partial charge < -0.3 is 24.4 Å². The number of carbonyl (C=O) groups is 2. The molecule has 0 bridgehead atoms. The van der Waals surface area contributed by atoms with Gasteiger partial charge in [0.2, 0.25) is 5.91 Å². The lowest BCUT2D eigenvalue weighted by atomic mass is 9.82. The Morgan fingerprint density at radius 2 is 1.87 bits per heavy atom. The number of fused-ring (bicyclic) bond motifs is 2. The number of rotatable bonds is 11. The monoisotopic (exact) mass is 722 g/mol. The number of likely N-dealkylation sites (tertiary alicyclic amines) is 1. The van der Waals surface area contributed by atoms with E-state index in [1.165, 1.54) is 16.3 Å². The highest BCUT2D eigenvalue weighted by atomic mass is 79.9. The number of anilines is 1. The number of aliphatic hydroxyl groups is 1. The second kappa shape index (κ2) is 14.4. The third kappa shape index (κ3) is 6.78. The molecule has 0 saturated carbocycles. The van der Waals surface area contributed by atoms with E-state index in [1.807, 2.05) is 40.1 Å². The third-order valence-electron chi connectivity index (χ3n) is 10.8. The summed E-state index contributed by atoms with van der Waals surface area (Å²) < 4.78 is 13.5. The number of hydrogen-bond donors (Lipinski definition) is 1. The maximum atomic E-state index is 14.9. The lowest BCUT2D eigenvalue weighted by Crippen LogP contribution is -2.52. The molecule has 9 heteroatoms. The molecule has 47 heavy (non-hydrogen) atoms. The molecule has 2 aromatic rings. The quantitative estimate of drug-likeness (QED) is 0.198. The number of nitrogens with zero attached hydrogens (tertiary/aromatic N) is 2. The Kier molecular flexibility index (Phi) is 10.9. The van der Waals surface area contributed by atoms with Crippen LogP contribution < -0.4 is 14.8 Å². The molecule has 5 rings (SSSR count). The fraction of sp³-hybridized carbons (Fsp3) is 0.526. The molecule has 254 valence electrons. The fourth-order valence-corrected chi connectivity index (χ4v) is 12.6. The predicted octanol–water partition coefficient (Wildman–Crippen LogP) is 7.09. The Bertz CT molecular complexity index is 1530. The Hall–Kier alpha value is -2.72. The predicted molar refractivity (Wildman–Crippen MR) is 195 cm³/mol. The van der Waals surface area contributed by atoms with Crippen LogP contribution in [-0.4, -0.2) is 68.8 Å². The minimum absolute atomic E-state index is 0.00739. The van der Waals surface area contributed by atoms with Crippen molar-refractivity contribution in [2.45, 2.75) is 96.2 Å². The van der Waals surface area contributed by atoms with Crippen LogP contribution in [0.4, 0.5) is 5.69 Å². The second-order valence-corrected chi connectivity index (χ2v) is 20.0. The largest absolute Gasteiger partial charge is 0.497 e. The molecule has 0 unspecified atom stereocenters. The number of ether oxygens (including phenoxy) is 2. The number of aliphatic hydroxyl groups excluding tert-OH is 1. The molecular weight excluding hydrogens is 672 g/mol. The van der Waals surface area contributed by atoms with Crippen LogP contribution in [0.2, 0.25) is 18.6 Å². The molecule has 1 N–H and O–H groups in total. The summed E-state index contributed by atoms with van der Waals surface area (Å²) in [6.07, 6.45) is 7.74. The summed E-state index contributed by atoms with van der Waals surface area (Å²) >= 11 is 3.69. The van der Waals surface area contributed by atoms with E-state index < -0.39 is 19.8 Å². The maximum absolute atomic E-state index is 14.9. The summed E-state index contributed by atoms with van der Waals surface area (Å²) in [4.78, 5) is 32.6. The summed E-state index contributed by atoms with van der Waals surface area (Å²) in [5.74, 6) is 0.545. The third-order valence-corrected chi connectivity index (χ3v) is 15.6.